The molecule has 0 aromatic heterocycles. The zero-order valence-electron chi connectivity index (χ0n) is 15.7. The molecule has 1 rings (SSSR count). The van der Waals surface area contributed by atoms with Crippen molar-refractivity contribution < 1.29 is 136 Å². The molecule has 11 heteroatoms. The molecular formula is C14H30N2OP4Y4-2. The molecule has 0 amide bonds. The molecule has 0 bridgehead atoms. The van der Waals surface area contributed by atoms with Gasteiger partial charge in [-0.25, -0.2) is 0 Å². The first kappa shape index (κ1) is 43.6. The van der Waals surface area contributed by atoms with Crippen LogP contribution in [0.5, 0.6) is 5.75 Å². The van der Waals surface area contributed by atoms with Crippen molar-refractivity contribution in [1.29, 1.82) is 0 Å². The molecule has 0 saturated heterocycles. The Labute approximate surface area is 266 Å². The summed E-state index contributed by atoms with van der Waals surface area (Å²) in [5, 5.41) is 10.4. The maximum atomic E-state index is 10.4. The maximum Gasteiger partial charge on any atom is 0.157 e. The Morgan fingerprint density at radius 2 is 1.16 bits per heavy atom. The standard InChI is InChI=1S/C14H24N2OP2.2H3P.4Y/c1-14(2,3)10-6-11(15(4)8-18)13(17)12(7-10)16(5)9-19;;;;;;/h6-7,17H,4-5,8-9,18-19H2,1-3H3;2*1H3;;;;/q-2;;;;;;. The summed E-state index contributed by atoms with van der Waals surface area (Å²) in [5.41, 5.74) is 2.60. The molecule has 1 N–H and O–H groups in total. The molecule has 0 aliphatic rings. The van der Waals surface area contributed by atoms with Crippen molar-refractivity contribution in [3.63, 3.8) is 0 Å². The van der Waals surface area contributed by atoms with Crippen molar-refractivity contribution in [1.82, 2.24) is 0 Å². The largest absolute Gasteiger partial charge is 0.519 e. The molecule has 0 spiro atoms. The predicted octanol–water partition coefficient (Wildman–Crippen LogP) is 3.66. The first-order chi connectivity index (χ1) is 8.72. The van der Waals surface area contributed by atoms with Crippen molar-refractivity contribution in [3.8, 4) is 5.75 Å². The molecule has 4 atom stereocenters. The first-order valence-electron chi connectivity index (χ1n) is 6.16. The molecule has 1 aromatic carbocycles. The van der Waals surface area contributed by atoms with Gasteiger partial charge in [0.1, 0.15) is 0 Å². The minimum Gasteiger partial charge on any atom is -0.519 e. The topological polar surface area (TPSA) is 26.7 Å². The zero-order valence-corrected chi connectivity index (χ0v) is 32.2. The van der Waals surface area contributed by atoms with Crippen LogP contribution in [0.3, 0.4) is 0 Å². The van der Waals surface area contributed by atoms with Crippen LogP contribution in [-0.2, 0) is 136 Å². The normalized spacial score (nSPS) is 8.76. The van der Waals surface area contributed by atoms with Gasteiger partial charge in [-0.2, -0.15) is 19.8 Å². The Hall–Kier alpha value is 4.76. The van der Waals surface area contributed by atoms with E-state index in [2.05, 4.69) is 53.3 Å². The zero-order chi connectivity index (χ0) is 14.8. The van der Waals surface area contributed by atoms with Crippen molar-refractivity contribution in [3.05, 3.63) is 31.8 Å². The van der Waals surface area contributed by atoms with Crippen LogP contribution >= 0.6 is 38.3 Å². The number of aromatic hydroxyl groups is 1. The smallest absolute Gasteiger partial charge is 0.157 e. The molecule has 4 radical (unpaired) electrons. The van der Waals surface area contributed by atoms with Gasteiger partial charge >= 0.3 is 0 Å². The molecule has 136 valence electrons. The molecule has 25 heavy (non-hydrogen) atoms. The van der Waals surface area contributed by atoms with Gasteiger partial charge in [0.2, 0.25) is 0 Å². The van der Waals surface area contributed by atoms with E-state index in [1.807, 2.05) is 12.1 Å². The number of nitrogens with zero attached hydrogens (tertiary/aromatic N) is 2. The summed E-state index contributed by atoms with van der Waals surface area (Å²) in [6.07, 6.45) is 1.30. The number of phenols is 1. The molecule has 0 fully saturated rings. The average molecular weight is 722 g/mol. The number of phenolic OH excluding ortho intramolecular Hbond substituents is 1. The molecule has 1 aromatic rings. The summed E-state index contributed by atoms with van der Waals surface area (Å²) in [4.78, 5) is 3.52. The van der Waals surface area contributed by atoms with Gasteiger partial charge in [-0.1, -0.05) is 20.8 Å². The molecule has 4 unspecified atom stereocenters. The Morgan fingerprint density at radius 1 is 0.880 bits per heavy atom. The molecule has 0 heterocycles. The van der Waals surface area contributed by atoms with Crippen LogP contribution in [0, 0.1) is 14.1 Å². The second kappa shape index (κ2) is 20.6. The predicted molar refractivity (Wildman–Crippen MR) is 114 cm³/mol. The van der Waals surface area contributed by atoms with Crippen LogP contribution in [0.15, 0.2) is 12.1 Å². The molecule has 0 aliphatic carbocycles. The average Bonchev–Trinajstić information content (AvgIpc) is 2.35. The third-order valence-corrected chi connectivity index (χ3v) is 3.94. The van der Waals surface area contributed by atoms with Gasteiger partial charge in [0.05, 0.1) is 11.4 Å². The fourth-order valence-electron chi connectivity index (χ4n) is 1.72. The van der Waals surface area contributed by atoms with Gasteiger partial charge in [-0.3, -0.25) is 14.1 Å². The summed E-state index contributed by atoms with van der Waals surface area (Å²) >= 11 is 0. The monoisotopic (exact) mass is 722 g/mol. The number of benzene rings is 1. The van der Waals surface area contributed by atoms with E-state index < -0.39 is 0 Å². The van der Waals surface area contributed by atoms with Crippen molar-refractivity contribution in [2.75, 3.05) is 22.4 Å². The minimum atomic E-state index is 0. The van der Waals surface area contributed by atoms with Crippen LogP contribution in [-0.4, -0.2) is 17.7 Å². The fraction of sp³-hybridized carbons (Fsp3) is 0.429. The Balaban J connectivity index is -0.000000150. The van der Waals surface area contributed by atoms with Crippen LogP contribution in [0.2, 0.25) is 0 Å². The van der Waals surface area contributed by atoms with Gasteiger partial charge in [-0.15, -0.1) is 18.5 Å². The number of hydrogen-bond acceptors (Lipinski definition) is 3. The molecular weight excluding hydrogens is 692 g/mol. The van der Waals surface area contributed by atoms with Crippen LogP contribution in [0.1, 0.15) is 26.3 Å². The Bertz CT molecular complexity index is 434. The number of hydrogen-bond donors (Lipinski definition) is 1. The Morgan fingerprint density at radius 3 is 1.36 bits per heavy atom. The first-order valence-corrected chi connectivity index (χ1v) is 7.79. The van der Waals surface area contributed by atoms with E-state index in [9.17, 15) is 5.11 Å². The van der Waals surface area contributed by atoms with Crippen LogP contribution in [0.25, 0.3) is 0 Å². The number of rotatable bonds is 4. The summed E-state index contributed by atoms with van der Waals surface area (Å²) in [6, 6.07) is 3.99. The van der Waals surface area contributed by atoms with E-state index in [-0.39, 0.29) is 162 Å². The van der Waals surface area contributed by atoms with Crippen molar-refractivity contribution in [2.45, 2.75) is 26.2 Å². The second-order valence-corrected chi connectivity index (χ2v) is 6.29. The Kier molecular flexibility index (Phi) is 36.0. The number of anilines is 2. The van der Waals surface area contributed by atoms with Crippen molar-refractivity contribution in [2.24, 2.45) is 0 Å². The molecule has 0 saturated carbocycles. The minimum absolute atomic E-state index is 0. The van der Waals surface area contributed by atoms with E-state index >= 15 is 0 Å². The summed E-state index contributed by atoms with van der Waals surface area (Å²) < 4.78 is 0. The van der Waals surface area contributed by atoms with Gasteiger partial charge in [0.25, 0.3) is 0 Å². The van der Waals surface area contributed by atoms with Crippen LogP contribution in [0.4, 0.5) is 11.4 Å². The molecule has 0 aliphatic heterocycles. The van der Waals surface area contributed by atoms with Gasteiger partial charge in [0, 0.05) is 143 Å². The van der Waals surface area contributed by atoms with E-state index in [0.717, 1.165) is 16.9 Å². The van der Waals surface area contributed by atoms with E-state index in [0.29, 0.717) is 12.6 Å². The second-order valence-electron chi connectivity index (χ2n) is 5.56. The third-order valence-electron chi connectivity index (χ3n) is 3.06. The third kappa shape index (κ3) is 13.7. The quantitative estimate of drug-likeness (QED) is 0.381. The molecule has 3 nitrogen and oxygen atoms in total. The van der Waals surface area contributed by atoms with Crippen molar-refractivity contribution >= 4 is 49.7 Å². The fourth-order valence-corrected chi connectivity index (χ4v) is 2.11. The van der Waals surface area contributed by atoms with Crippen LogP contribution < -0.4 is 9.80 Å². The van der Waals surface area contributed by atoms with E-state index in [1.165, 1.54) is 0 Å². The maximum absolute atomic E-state index is 10.4. The summed E-state index contributed by atoms with van der Waals surface area (Å²) in [6.45, 7) is 6.44. The van der Waals surface area contributed by atoms with Gasteiger partial charge < -0.3 is 14.9 Å². The van der Waals surface area contributed by atoms with E-state index in [1.54, 1.807) is 9.80 Å². The summed E-state index contributed by atoms with van der Waals surface area (Å²) in [5.74, 6) is 0.225. The van der Waals surface area contributed by atoms with Gasteiger partial charge in [-0.05, 0) is 23.1 Å². The van der Waals surface area contributed by atoms with E-state index in [4.69, 9.17) is 0 Å². The SMILES string of the molecule is P.P.[CH2-]N(CP)c1cc(C(C)(C)C)cc(N([CH2-])CP)c1O.[Y].[Y].[Y].[Y]. The summed E-state index contributed by atoms with van der Waals surface area (Å²) in [7, 11) is 13.1. The van der Waals surface area contributed by atoms with Gasteiger partial charge in [0.15, 0.2) is 5.75 Å².